The molecule has 7 nitrogen and oxygen atoms in total. The van der Waals surface area contributed by atoms with E-state index in [0.29, 0.717) is 13.0 Å². The highest BCUT2D eigenvalue weighted by Gasteiger charge is 2.48. The average molecular weight is 456 g/mol. The number of carbonyl (C=O) groups excluding carboxylic acids is 1. The van der Waals surface area contributed by atoms with Crippen molar-refractivity contribution in [2.24, 2.45) is 0 Å². The van der Waals surface area contributed by atoms with Crippen LogP contribution in [0.25, 0.3) is 0 Å². The van der Waals surface area contributed by atoms with E-state index in [1.165, 1.54) is 0 Å². The predicted octanol–water partition coefficient (Wildman–Crippen LogP) is 5.62. The Hall–Kier alpha value is -3.06. The molecule has 0 saturated carbocycles. The monoisotopic (exact) mass is 455 g/mol. The summed E-state index contributed by atoms with van der Waals surface area (Å²) >= 11 is 0. The van der Waals surface area contributed by atoms with E-state index in [2.05, 4.69) is 19.2 Å². The van der Waals surface area contributed by atoms with Gasteiger partial charge in [0.2, 0.25) is 0 Å². The fraction of sp³-hybridized carbons (Fsp3) is 0.462. The Morgan fingerprint density at radius 3 is 2.42 bits per heavy atom. The van der Waals surface area contributed by atoms with Gasteiger partial charge in [-0.2, -0.15) is 0 Å². The van der Waals surface area contributed by atoms with Crippen molar-refractivity contribution in [3.8, 4) is 5.75 Å². The number of fused-ring (bicyclic) bond motifs is 1. The zero-order chi connectivity index (χ0) is 24.0. The molecule has 2 aromatic rings. The van der Waals surface area contributed by atoms with Gasteiger partial charge in [-0.3, -0.25) is 0 Å². The zero-order valence-electron chi connectivity index (χ0n) is 19.7. The molecule has 2 aromatic carbocycles. The number of ether oxygens (including phenoxy) is 3. The van der Waals surface area contributed by atoms with Crippen molar-refractivity contribution in [3.05, 3.63) is 65.2 Å². The van der Waals surface area contributed by atoms with Gasteiger partial charge in [0.15, 0.2) is 0 Å². The molecule has 0 bridgehead atoms. The lowest BCUT2D eigenvalue weighted by molar-refractivity contribution is -0.00395. The Balaban J connectivity index is 1.93. The molecule has 0 heterocycles. The van der Waals surface area contributed by atoms with Crippen LogP contribution in [0.1, 0.15) is 63.3 Å². The summed E-state index contributed by atoms with van der Waals surface area (Å²) < 4.78 is 16.7. The SMILES string of the molecule is CCO[C@H]1Cc2ccc(OC(=O)O)cc2C(CC)(CC)[C@@H]1NC(=O)OC(C)c1ccccc1. The first-order chi connectivity index (χ1) is 15.8. The van der Waals surface area contributed by atoms with Crippen LogP contribution in [0.4, 0.5) is 9.59 Å². The number of hydrogen-bond donors (Lipinski definition) is 2. The molecule has 178 valence electrons. The molecule has 0 spiro atoms. The first kappa shape index (κ1) is 24.6. The van der Waals surface area contributed by atoms with E-state index in [9.17, 15) is 9.59 Å². The predicted molar refractivity (Wildman–Crippen MR) is 125 cm³/mol. The van der Waals surface area contributed by atoms with Crippen LogP contribution in [-0.4, -0.2) is 36.1 Å². The van der Waals surface area contributed by atoms with E-state index in [1.54, 1.807) is 12.1 Å². The maximum Gasteiger partial charge on any atom is 0.511 e. The lowest BCUT2D eigenvalue weighted by atomic mass is 9.62. The normalized spacial score (nSPS) is 19.8. The molecule has 3 atom stereocenters. The largest absolute Gasteiger partial charge is 0.511 e. The van der Waals surface area contributed by atoms with E-state index in [0.717, 1.165) is 29.5 Å². The van der Waals surface area contributed by atoms with Crippen LogP contribution in [0.15, 0.2) is 48.5 Å². The number of alkyl carbamates (subject to hydrolysis) is 1. The minimum Gasteiger partial charge on any atom is -0.449 e. The first-order valence-corrected chi connectivity index (χ1v) is 11.5. The Morgan fingerprint density at radius 2 is 1.82 bits per heavy atom. The molecular formula is C26H33NO6. The van der Waals surface area contributed by atoms with Gasteiger partial charge in [0.1, 0.15) is 11.9 Å². The van der Waals surface area contributed by atoms with E-state index in [1.807, 2.05) is 50.2 Å². The highest BCUT2D eigenvalue weighted by atomic mass is 16.7. The Bertz CT molecular complexity index is 957. The van der Waals surface area contributed by atoms with Crippen LogP contribution in [0.5, 0.6) is 5.75 Å². The summed E-state index contributed by atoms with van der Waals surface area (Å²) in [6.07, 6.45) is -0.476. The van der Waals surface area contributed by atoms with Crippen LogP contribution in [0.2, 0.25) is 0 Å². The van der Waals surface area contributed by atoms with Crippen LogP contribution in [0.3, 0.4) is 0 Å². The molecule has 0 aromatic heterocycles. The molecule has 1 aliphatic carbocycles. The fourth-order valence-corrected chi connectivity index (χ4v) is 5.00. The number of carboxylic acid groups (broad SMARTS) is 1. The van der Waals surface area contributed by atoms with Gasteiger partial charge in [-0.1, -0.05) is 50.2 Å². The summed E-state index contributed by atoms with van der Waals surface area (Å²) in [6, 6.07) is 14.6. The van der Waals surface area contributed by atoms with E-state index in [-0.39, 0.29) is 17.9 Å². The highest BCUT2D eigenvalue weighted by molar-refractivity contribution is 5.69. The number of rotatable bonds is 8. The molecule has 1 amide bonds. The Kier molecular flexibility index (Phi) is 7.97. The molecule has 1 unspecified atom stereocenters. The standard InChI is InChI=1S/C26H33NO6/c1-5-26(6-2)21-16-20(33-25(29)30)14-13-19(21)15-22(31-7-3)23(26)27-24(28)32-17(4)18-11-9-8-10-12-18/h8-14,16-17,22-23H,5-7,15H2,1-4H3,(H,27,28)(H,29,30)/t17?,22-,23+/m0/s1. The van der Waals surface area contributed by atoms with Crippen molar-refractivity contribution in [2.75, 3.05) is 6.61 Å². The maximum atomic E-state index is 13.0. The van der Waals surface area contributed by atoms with Crippen molar-refractivity contribution in [1.82, 2.24) is 5.32 Å². The summed E-state index contributed by atoms with van der Waals surface area (Å²) in [4.78, 5) is 24.1. The van der Waals surface area contributed by atoms with Gasteiger partial charge in [0, 0.05) is 18.4 Å². The molecule has 0 fully saturated rings. The highest BCUT2D eigenvalue weighted by Crippen LogP contribution is 2.45. The van der Waals surface area contributed by atoms with Gasteiger partial charge in [0.05, 0.1) is 12.1 Å². The van der Waals surface area contributed by atoms with Gasteiger partial charge >= 0.3 is 12.2 Å². The first-order valence-electron chi connectivity index (χ1n) is 11.5. The van der Waals surface area contributed by atoms with Crippen molar-refractivity contribution in [1.29, 1.82) is 0 Å². The summed E-state index contributed by atoms with van der Waals surface area (Å²) in [5.74, 6) is 0.265. The van der Waals surface area contributed by atoms with Crippen LogP contribution >= 0.6 is 0 Å². The van der Waals surface area contributed by atoms with Crippen molar-refractivity contribution < 1.29 is 28.9 Å². The number of carbonyl (C=O) groups is 2. The summed E-state index contributed by atoms with van der Waals surface area (Å²) in [6.45, 7) is 8.43. The smallest absolute Gasteiger partial charge is 0.449 e. The third-order valence-corrected chi connectivity index (χ3v) is 6.68. The van der Waals surface area contributed by atoms with Crippen LogP contribution < -0.4 is 10.1 Å². The molecule has 0 saturated heterocycles. The number of hydrogen-bond acceptors (Lipinski definition) is 5. The zero-order valence-corrected chi connectivity index (χ0v) is 19.7. The topological polar surface area (TPSA) is 94.1 Å². The van der Waals surface area contributed by atoms with Gasteiger partial charge < -0.3 is 24.6 Å². The van der Waals surface area contributed by atoms with Crippen molar-refractivity contribution >= 4 is 12.2 Å². The number of amides is 1. The molecule has 0 radical (unpaired) electrons. The van der Waals surface area contributed by atoms with Gasteiger partial charge in [0.25, 0.3) is 0 Å². The molecular weight excluding hydrogens is 422 g/mol. The lowest BCUT2D eigenvalue weighted by Crippen LogP contribution is -2.60. The minimum atomic E-state index is -1.36. The molecule has 33 heavy (non-hydrogen) atoms. The Labute approximate surface area is 195 Å². The molecule has 2 N–H and O–H groups in total. The van der Waals surface area contributed by atoms with E-state index < -0.39 is 23.8 Å². The van der Waals surface area contributed by atoms with E-state index >= 15 is 0 Å². The molecule has 0 aliphatic heterocycles. The van der Waals surface area contributed by atoms with Gasteiger partial charge in [-0.25, -0.2) is 9.59 Å². The quantitative estimate of drug-likeness (QED) is 0.396. The Morgan fingerprint density at radius 1 is 1.12 bits per heavy atom. The van der Waals surface area contributed by atoms with Crippen molar-refractivity contribution in [2.45, 2.75) is 70.6 Å². The summed E-state index contributed by atoms with van der Waals surface area (Å²) in [5, 5.41) is 12.2. The van der Waals surface area contributed by atoms with Gasteiger partial charge in [-0.15, -0.1) is 0 Å². The van der Waals surface area contributed by atoms with E-state index in [4.69, 9.17) is 19.3 Å². The number of nitrogens with one attached hydrogen (secondary N) is 1. The molecule has 7 heteroatoms. The molecule has 1 aliphatic rings. The van der Waals surface area contributed by atoms with Crippen LogP contribution in [0, 0.1) is 0 Å². The molecule has 3 rings (SSSR count). The second kappa shape index (κ2) is 10.7. The second-order valence-corrected chi connectivity index (χ2v) is 8.33. The third kappa shape index (κ3) is 5.30. The minimum absolute atomic E-state index is 0.242. The maximum absolute atomic E-state index is 13.0. The van der Waals surface area contributed by atoms with Crippen LogP contribution in [-0.2, 0) is 21.3 Å². The van der Waals surface area contributed by atoms with Crippen molar-refractivity contribution in [3.63, 3.8) is 0 Å². The lowest BCUT2D eigenvalue weighted by Gasteiger charge is -2.48. The third-order valence-electron chi connectivity index (χ3n) is 6.68. The average Bonchev–Trinajstić information content (AvgIpc) is 2.80. The fourth-order valence-electron chi connectivity index (χ4n) is 5.00. The summed E-state index contributed by atoms with van der Waals surface area (Å²) in [7, 11) is 0. The summed E-state index contributed by atoms with van der Waals surface area (Å²) in [5.41, 5.74) is 2.48. The van der Waals surface area contributed by atoms with Gasteiger partial charge in [-0.05, 0) is 55.5 Å². The number of benzene rings is 2. The second-order valence-electron chi connectivity index (χ2n) is 8.33.